The Hall–Kier alpha value is -0.720. The van der Waals surface area contributed by atoms with E-state index in [0.29, 0.717) is 5.92 Å². The average molecular weight is 181 g/mol. The maximum Gasteiger partial charge on any atom is 0.0194 e. The van der Waals surface area contributed by atoms with Gasteiger partial charge in [0.2, 0.25) is 0 Å². The molecular weight excluding hydrogens is 158 g/mol. The molecule has 0 atom stereocenters. The highest BCUT2D eigenvalue weighted by atomic mass is 15.1. The molecule has 0 heterocycles. The molecule has 0 amide bonds. The maximum atomic E-state index is 3.95. The molecule has 0 rings (SSSR count). The van der Waals surface area contributed by atoms with Crippen molar-refractivity contribution in [1.29, 1.82) is 0 Å². The number of rotatable bonds is 4. The Labute approximate surface area is 83.1 Å². The normalized spacial score (nSPS) is 12.8. The fourth-order valence-corrected chi connectivity index (χ4v) is 1.28. The van der Waals surface area contributed by atoms with Crippen LogP contribution in [-0.4, -0.2) is 18.5 Å². The molecule has 0 N–H and O–H groups in total. The third kappa shape index (κ3) is 4.16. The third-order valence-corrected chi connectivity index (χ3v) is 2.39. The van der Waals surface area contributed by atoms with Crippen molar-refractivity contribution in [3.05, 3.63) is 23.4 Å². The molecule has 0 bridgehead atoms. The predicted molar refractivity (Wildman–Crippen MR) is 60.7 cm³/mol. The van der Waals surface area contributed by atoms with Gasteiger partial charge in [-0.3, -0.25) is 0 Å². The highest BCUT2D eigenvalue weighted by Gasteiger charge is 2.05. The van der Waals surface area contributed by atoms with Crippen LogP contribution in [0.4, 0.5) is 0 Å². The van der Waals surface area contributed by atoms with E-state index in [1.807, 2.05) is 0 Å². The first kappa shape index (κ1) is 12.3. The molecule has 1 nitrogen and oxygen atoms in total. The smallest absolute Gasteiger partial charge is 0.0194 e. The minimum absolute atomic E-state index is 0.706. The van der Waals surface area contributed by atoms with E-state index in [0.717, 1.165) is 12.1 Å². The first-order valence-corrected chi connectivity index (χ1v) is 4.90. The highest BCUT2D eigenvalue weighted by molar-refractivity contribution is 5.28. The molecule has 0 aliphatic rings. The highest BCUT2D eigenvalue weighted by Crippen LogP contribution is 2.15. The van der Waals surface area contributed by atoms with Crippen molar-refractivity contribution < 1.29 is 0 Å². The van der Waals surface area contributed by atoms with Crippen LogP contribution in [-0.2, 0) is 0 Å². The largest absolute Gasteiger partial charge is 0.378 e. The van der Waals surface area contributed by atoms with Crippen LogP contribution in [0.25, 0.3) is 0 Å². The van der Waals surface area contributed by atoms with Crippen molar-refractivity contribution >= 4 is 0 Å². The predicted octanol–water partition coefficient (Wildman–Crippen LogP) is 3.44. The summed E-state index contributed by atoms with van der Waals surface area (Å²) < 4.78 is 0. The summed E-state index contributed by atoms with van der Waals surface area (Å²) in [6.07, 6.45) is 0. The summed E-state index contributed by atoms with van der Waals surface area (Å²) in [5.74, 6) is 0.706. The molecule has 0 saturated carbocycles. The Balaban J connectivity index is 4.48. The van der Waals surface area contributed by atoms with Gasteiger partial charge in [0.15, 0.2) is 0 Å². The third-order valence-electron chi connectivity index (χ3n) is 2.39. The van der Waals surface area contributed by atoms with Gasteiger partial charge in [-0.2, -0.15) is 0 Å². The molecule has 13 heavy (non-hydrogen) atoms. The second-order valence-electron chi connectivity index (χ2n) is 4.27. The monoisotopic (exact) mass is 181 g/mol. The van der Waals surface area contributed by atoms with Crippen molar-refractivity contribution in [2.24, 2.45) is 5.92 Å². The Morgan fingerprint density at radius 3 is 2.00 bits per heavy atom. The van der Waals surface area contributed by atoms with Crippen molar-refractivity contribution in [2.45, 2.75) is 34.6 Å². The van der Waals surface area contributed by atoms with Crippen LogP contribution < -0.4 is 0 Å². The molecule has 0 aromatic rings. The van der Waals surface area contributed by atoms with E-state index in [9.17, 15) is 0 Å². The zero-order valence-corrected chi connectivity index (χ0v) is 9.94. The average Bonchev–Trinajstić information content (AvgIpc) is 2.00. The van der Waals surface area contributed by atoms with Crippen LogP contribution in [0.5, 0.6) is 0 Å². The lowest BCUT2D eigenvalue weighted by Gasteiger charge is -2.24. The summed E-state index contributed by atoms with van der Waals surface area (Å²) in [6.45, 7) is 15.9. The van der Waals surface area contributed by atoms with E-state index < -0.39 is 0 Å². The molecule has 0 radical (unpaired) electrons. The molecule has 0 saturated heterocycles. The topological polar surface area (TPSA) is 3.24 Å². The molecule has 1 heteroatoms. The standard InChI is InChI=1S/C12H23N/c1-9(2)8-13(7)12(6)11(5)10(3)4/h9H,3,8H2,1-2,4-7H3/b12-11+. The summed E-state index contributed by atoms with van der Waals surface area (Å²) in [4.78, 5) is 2.30. The van der Waals surface area contributed by atoms with Crippen molar-refractivity contribution in [1.82, 2.24) is 4.90 Å². The van der Waals surface area contributed by atoms with Gasteiger partial charge in [0.05, 0.1) is 0 Å². The van der Waals surface area contributed by atoms with E-state index in [-0.39, 0.29) is 0 Å². The van der Waals surface area contributed by atoms with Gasteiger partial charge in [-0.25, -0.2) is 0 Å². The van der Waals surface area contributed by atoms with Crippen molar-refractivity contribution in [3.8, 4) is 0 Å². The van der Waals surface area contributed by atoms with Crippen LogP contribution in [0.2, 0.25) is 0 Å². The van der Waals surface area contributed by atoms with E-state index in [1.165, 1.54) is 11.3 Å². The number of nitrogens with zero attached hydrogens (tertiary/aromatic N) is 1. The van der Waals surface area contributed by atoms with Gasteiger partial charge < -0.3 is 4.90 Å². The first-order valence-electron chi connectivity index (χ1n) is 4.90. The lowest BCUT2D eigenvalue weighted by atomic mass is 10.1. The maximum absolute atomic E-state index is 3.95. The van der Waals surface area contributed by atoms with Gasteiger partial charge in [-0.1, -0.05) is 26.0 Å². The molecule has 0 aromatic carbocycles. The van der Waals surface area contributed by atoms with Crippen molar-refractivity contribution in [2.75, 3.05) is 13.6 Å². The van der Waals surface area contributed by atoms with E-state index in [4.69, 9.17) is 0 Å². The summed E-state index contributed by atoms with van der Waals surface area (Å²) in [6, 6.07) is 0. The summed E-state index contributed by atoms with van der Waals surface area (Å²) in [5, 5.41) is 0. The van der Waals surface area contributed by atoms with Crippen LogP contribution in [0, 0.1) is 5.92 Å². The second-order valence-corrected chi connectivity index (χ2v) is 4.27. The van der Waals surface area contributed by atoms with Gasteiger partial charge >= 0.3 is 0 Å². The minimum Gasteiger partial charge on any atom is -0.378 e. The molecule has 0 aromatic heterocycles. The Kier molecular flexibility index (Phi) is 4.82. The van der Waals surface area contributed by atoms with Gasteiger partial charge in [-0.15, -0.1) is 0 Å². The summed E-state index contributed by atoms with van der Waals surface area (Å²) in [7, 11) is 2.14. The van der Waals surface area contributed by atoms with Crippen LogP contribution >= 0.6 is 0 Å². The number of hydrogen-bond acceptors (Lipinski definition) is 1. The quantitative estimate of drug-likeness (QED) is 0.600. The fourth-order valence-electron chi connectivity index (χ4n) is 1.28. The van der Waals surface area contributed by atoms with Gasteiger partial charge in [0, 0.05) is 19.3 Å². The van der Waals surface area contributed by atoms with Gasteiger partial charge in [0.1, 0.15) is 0 Å². The molecule has 0 fully saturated rings. The Bertz CT molecular complexity index is 211. The van der Waals surface area contributed by atoms with Gasteiger partial charge in [-0.05, 0) is 32.3 Å². The summed E-state index contributed by atoms with van der Waals surface area (Å²) in [5.41, 5.74) is 3.80. The molecule has 0 aliphatic heterocycles. The van der Waals surface area contributed by atoms with Crippen molar-refractivity contribution in [3.63, 3.8) is 0 Å². The van der Waals surface area contributed by atoms with E-state index >= 15 is 0 Å². The minimum atomic E-state index is 0.706. The summed E-state index contributed by atoms with van der Waals surface area (Å²) >= 11 is 0. The number of hydrogen-bond donors (Lipinski definition) is 0. The van der Waals surface area contributed by atoms with E-state index in [1.54, 1.807) is 0 Å². The first-order chi connectivity index (χ1) is 5.86. The SMILES string of the molecule is C=C(C)/C(C)=C(\C)N(C)CC(C)C. The molecule has 0 aliphatic carbocycles. The fraction of sp³-hybridized carbons (Fsp3) is 0.667. The molecule has 0 unspecified atom stereocenters. The van der Waals surface area contributed by atoms with Crippen LogP contribution in [0.3, 0.4) is 0 Å². The Morgan fingerprint density at radius 2 is 1.69 bits per heavy atom. The second kappa shape index (κ2) is 5.11. The zero-order chi connectivity index (χ0) is 10.6. The molecular formula is C12H23N. The lowest BCUT2D eigenvalue weighted by molar-refractivity contribution is 0.359. The molecule has 76 valence electrons. The lowest BCUT2D eigenvalue weighted by Crippen LogP contribution is -2.22. The van der Waals surface area contributed by atoms with Crippen LogP contribution in [0.1, 0.15) is 34.6 Å². The van der Waals surface area contributed by atoms with Crippen LogP contribution in [0.15, 0.2) is 23.4 Å². The molecule has 0 spiro atoms. The zero-order valence-electron chi connectivity index (χ0n) is 9.94. The Morgan fingerprint density at radius 1 is 1.23 bits per heavy atom. The van der Waals surface area contributed by atoms with Gasteiger partial charge in [0.25, 0.3) is 0 Å². The number of allylic oxidation sites excluding steroid dienone is 3. The van der Waals surface area contributed by atoms with E-state index in [2.05, 4.69) is 53.1 Å².